The maximum absolute atomic E-state index is 5.57. The number of rotatable bonds is 7. The van der Waals surface area contributed by atoms with Gasteiger partial charge in [-0.2, -0.15) is 16.7 Å². The van der Waals surface area contributed by atoms with Crippen molar-refractivity contribution in [1.82, 2.24) is 9.97 Å². The van der Waals surface area contributed by atoms with Crippen LogP contribution in [0, 0.1) is 6.92 Å². The van der Waals surface area contributed by atoms with Gasteiger partial charge in [0.15, 0.2) is 0 Å². The summed E-state index contributed by atoms with van der Waals surface area (Å²) in [4.78, 5) is 8.41. The third-order valence-corrected chi connectivity index (χ3v) is 3.04. The minimum absolute atomic E-state index is 0.395. The Balaban J connectivity index is 2.53. The van der Waals surface area contributed by atoms with Crippen LogP contribution in [-0.4, -0.2) is 28.6 Å². The number of thioether (sulfide) groups is 1. The first kappa shape index (κ1) is 15.7. The highest BCUT2D eigenvalue weighted by molar-refractivity contribution is 7.98. The largest absolute Gasteiger partial charge is 0.473 e. The summed E-state index contributed by atoms with van der Waals surface area (Å²) in [5.41, 5.74) is 7.65. The Morgan fingerprint density at radius 2 is 2.26 bits per heavy atom. The van der Waals surface area contributed by atoms with Gasteiger partial charge in [0.05, 0.1) is 5.69 Å². The van der Waals surface area contributed by atoms with Crippen LogP contribution in [-0.2, 0) is 6.54 Å². The Labute approximate surface area is 119 Å². The van der Waals surface area contributed by atoms with Crippen molar-refractivity contribution in [3.05, 3.63) is 41.4 Å². The first-order chi connectivity index (χ1) is 9.19. The van der Waals surface area contributed by atoms with Gasteiger partial charge >= 0.3 is 0 Å². The predicted octanol–water partition coefficient (Wildman–Crippen LogP) is 2.49. The molecule has 4 nitrogen and oxygen atoms in total. The molecule has 2 N–H and O–H groups in total. The van der Waals surface area contributed by atoms with E-state index in [2.05, 4.69) is 28.4 Å². The Morgan fingerprint density at radius 1 is 1.47 bits per heavy atom. The van der Waals surface area contributed by atoms with Crippen molar-refractivity contribution in [2.75, 3.05) is 18.6 Å². The van der Waals surface area contributed by atoms with Crippen molar-refractivity contribution < 1.29 is 4.74 Å². The van der Waals surface area contributed by atoms with Crippen LogP contribution < -0.4 is 10.5 Å². The molecule has 0 fully saturated rings. The van der Waals surface area contributed by atoms with Crippen LogP contribution in [0.3, 0.4) is 0 Å². The second kappa shape index (κ2) is 8.72. The van der Waals surface area contributed by atoms with Gasteiger partial charge in [0, 0.05) is 18.4 Å². The topological polar surface area (TPSA) is 61.0 Å². The molecule has 0 radical (unpaired) electrons. The highest BCUT2D eigenvalue weighted by atomic mass is 32.2. The van der Waals surface area contributed by atoms with E-state index in [-0.39, 0.29) is 0 Å². The monoisotopic (exact) mass is 279 g/mol. The average molecular weight is 279 g/mol. The molecule has 1 aromatic heterocycles. The molecule has 0 aliphatic carbocycles. The van der Waals surface area contributed by atoms with Crippen LogP contribution in [0.25, 0.3) is 0 Å². The molecule has 5 heteroatoms. The molecule has 0 saturated heterocycles. The molecule has 0 aliphatic rings. The quantitative estimate of drug-likeness (QED) is 0.777. The van der Waals surface area contributed by atoms with E-state index in [1.807, 2.05) is 19.9 Å². The number of allylic oxidation sites excluding steroid dienone is 2. The number of aryl methyl sites for hydroxylation is 1. The third kappa shape index (κ3) is 5.89. The van der Waals surface area contributed by atoms with Gasteiger partial charge in [-0.15, -0.1) is 0 Å². The molecule has 0 aromatic carbocycles. The molecule has 0 unspecified atom stereocenters. The second-order valence-corrected chi connectivity index (χ2v) is 4.82. The minimum Gasteiger partial charge on any atom is -0.473 e. The van der Waals surface area contributed by atoms with Gasteiger partial charge in [0.2, 0.25) is 5.88 Å². The molecule has 0 saturated carbocycles. The summed E-state index contributed by atoms with van der Waals surface area (Å²) in [6.45, 7) is 4.76. The zero-order valence-electron chi connectivity index (χ0n) is 11.7. The molecule has 0 amide bonds. The van der Waals surface area contributed by atoms with E-state index in [0.717, 1.165) is 11.4 Å². The van der Waals surface area contributed by atoms with Crippen LogP contribution >= 0.6 is 11.8 Å². The normalized spacial score (nSPS) is 12.1. The van der Waals surface area contributed by atoms with Crippen LogP contribution in [0.5, 0.6) is 5.88 Å². The van der Waals surface area contributed by atoms with E-state index in [0.29, 0.717) is 24.9 Å². The standard InChI is InChI=1S/C14H21N3OS/c1-4-12(10-19-3)6-5-7-18-14-8-13(9-15)16-11(2)17-14/h4-6,8H,7,9-10,15H2,1-3H3/b6-5-,12-4+. The SMILES string of the molecule is C/C=C(\C=C/COc1cc(CN)nc(C)n1)CSC. The maximum Gasteiger partial charge on any atom is 0.217 e. The van der Waals surface area contributed by atoms with Crippen LogP contribution in [0.15, 0.2) is 29.9 Å². The summed E-state index contributed by atoms with van der Waals surface area (Å²) in [6.07, 6.45) is 8.26. The summed E-state index contributed by atoms with van der Waals surface area (Å²) in [5, 5.41) is 0. The van der Waals surface area contributed by atoms with E-state index in [1.165, 1.54) is 5.57 Å². The molecular formula is C14H21N3OS. The molecule has 1 aromatic rings. The van der Waals surface area contributed by atoms with Crippen molar-refractivity contribution >= 4 is 11.8 Å². The van der Waals surface area contributed by atoms with Gasteiger partial charge in [0.1, 0.15) is 12.4 Å². The van der Waals surface area contributed by atoms with Gasteiger partial charge in [-0.05, 0) is 31.8 Å². The van der Waals surface area contributed by atoms with Crippen molar-refractivity contribution in [3.63, 3.8) is 0 Å². The molecular weight excluding hydrogens is 258 g/mol. The highest BCUT2D eigenvalue weighted by Gasteiger charge is 2.00. The van der Waals surface area contributed by atoms with Gasteiger partial charge in [0.25, 0.3) is 0 Å². The summed E-state index contributed by atoms with van der Waals surface area (Å²) in [6, 6.07) is 1.78. The fourth-order valence-corrected chi connectivity index (χ4v) is 2.10. The van der Waals surface area contributed by atoms with E-state index < -0.39 is 0 Å². The molecule has 0 spiro atoms. The van der Waals surface area contributed by atoms with Gasteiger partial charge in [-0.25, -0.2) is 4.98 Å². The number of ether oxygens (including phenoxy) is 1. The Kier molecular flexibility index (Phi) is 7.22. The van der Waals surface area contributed by atoms with Crippen molar-refractivity contribution in [1.29, 1.82) is 0 Å². The van der Waals surface area contributed by atoms with Gasteiger partial charge < -0.3 is 10.5 Å². The lowest BCUT2D eigenvalue weighted by Gasteiger charge is -2.05. The van der Waals surface area contributed by atoms with E-state index in [1.54, 1.807) is 17.8 Å². The zero-order valence-corrected chi connectivity index (χ0v) is 12.5. The summed E-state index contributed by atoms with van der Waals surface area (Å²) >= 11 is 1.80. The van der Waals surface area contributed by atoms with Gasteiger partial charge in [-0.1, -0.05) is 12.2 Å². The number of nitrogens with two attached hydrogens (primary N) is 1. The molecule has 0 atom stereocenters. The summed E-state index contributed by atoms with van der Waals surface area (Å²) in [5.74, 6) is 2.26. The predicted molar refractivity (Wildman–Crippen MR) is 81.4 cm³/mol. The van der Waals surface area contributed by atoms with Crippen molar-refractivity contribution in [2.45, 2.75) is 20.4 Å². The zero-order chi connectivity index (χ0) is 14.1. The fraction of sp³-hybridized carbons (Fsp3) is 0.429. The first-order valence-electron chi connectivity index (χ1n) is 6.17. The maximum atomic E-state index is 5.57. The lowest BCUT2D eigenvalue weighted by molar-refractivity contribution is 0.346. The Bertz CT molecular complexity index is 458. The van der Waals surface area contributed by atoms with Crippen molar-refractivity contribution in [3.8, 4) is 5.88 Å². The first-order valence-corrected chi connectivity index (χ1v) is 7.57. The molecule has 1 rings (SSSR count). The molecule has 104 valence electrons. The summed E-state index contributed by atoms with van der Waals surface area (Å²) in [7, 11) is 0. The molecule has 19 heavy (non-hydrogen) atoms. The number of nitrogens with zero attached hydrogens (tertiary/aromatic N) is 2. The smallest absolute Gasteiger partial charge is 0.217 e. The third-order valence-electron chi connectivity index (χ3n) is 2.42. The second-order valence-electron chi connectivity index (χ2n) is 3.96. The summed E-state index contributed by atoms with van der Waals surface area (Å²) < 4.78 is 5.57. The number of hydrogen-bond acceptors (Lipinski definition) is 5. The lowest BCUT2D eigenvalue weighted by atomic mass is 10.2. The number of hydrogen-bond donors (Lipinski definition) is 1. The van der Waals surface area contributed by atoms with E-state index in [4.69, 9.17) is 10.5 Å². The fourth-order valence-electron chi connectivity index (χ4n) is 1.51. The van der Waals surface area contributed by atoms with Crippen LogP contribution in [0.2, 0.25) is 0 Å². The van der Waals surface area contributed by atoms with Gasteiger partial charge in [-0.3, -0.25) is 0 Å². The molecule has 0 bridgehead atoms. The van der Waals surface area contributed by atoms with Crippen molar-refractivity contribution in [2.24, 2.45) is 5.73 Å². The molecule has 1 heterocycles. The van der Waals surface area contributed by atoms with E-state index in [9.17, 15) is 0 Å². The molecule has 0 aliphatic heterocycles. The van der Waals surface area contributed by atoms with E-state index >= 15 is 0 Å². The lowest BCUT2D eigenvalue weighted by Crippen LogP contribution is -2.05. The Morgan fingerprint density at radius 3 is 2.89 bits per heavy atom. The number of aromatic nitrogens is 2. The van der Waals surface area contributed by atoms with Crippen LogP contribution in [0.1, 0.15) is 18.4 Å². The van der Waals surface area contributed by atoms with Crippen LogP contribution in [0.4, 0.5) is 0 Å². The minimum atomic E-state index is 0.395. The Hall–Kier alpha value is -1.33. The highest BCUT2D eigenvalue weighted by Crippen LogP contribution is 2.09. The average Bonchev–Trinajstić information content (AvgIpc) is 2.41.